The van der Waals surface area contributed by atoms with E-state index < -0.39 is 4.92 Å². The van der Waals surface area contributed by atoms with Crippen molar-refractivity contribution < 1.29 is 14.4 Å². The molecule has 0 radical (unpaired) electrons. The van der Waals surface area contributed by atoms with E-state index in [4.69, 9.17) is 9.47 Å². The van der Waals surface area contributed by atoms with Crippen molar-refractivity contribution in [1.29, 1.82) is 0 Å². The highest BCUT2D eigenvalue weighted by molar-refractivity contribution is 5.59. The number of nitro groups is 1. The normalized spacial score (nSPS) is 25.3. The molecule has 0 spiro atoms. The van der Waals surface area contributed by atoms with Crippen LogP contribution in [0.25, 0.3) is 0 Å². The summed E-state index contributed by atoms with van der Waals surface area (Å²) in [5.41, 5.74) is 1.02. The van der Waals surface area contributed by atoms with Crippen LogP contribution in [0.2, 0.25) is 0 Å². The van der Waals surface area contributed by atoms with Crippen molar-refractivity contribution in [3.05, 3.63) is 28.3 Å². The number of nitrogens with zero attached hydrogens (tertiary/aromatic N) is 3. The van der Waals surface area contributed by atoms with Gasteiger partial charge >= 0.3 is 5.69 Å². The summed E-state index contributed by atoms with van der Waals surface area (Å²) in [6.45, 7) is 9.41. The Morgan fingerprint density at radius 3 is 2.46 bits per heavy atom. The number of benzene rings is 1. The van der Waals surface area contributed by atoms with Gasteiger partial charge in [0.15, 0.2) is 5.75 Å². The predicted octanol–water partition coefficient (Wildman–Crippen LogP) is 2.93. The first-order valence-corrected chi connectivity index (χ1v) is 9.41. The van der Waals surface area contributed by atoms with Gasteiger partial charge in [0.1, 0.15) is 0 Å². The molecule has 2 fully saturated rings. The smallest absolute Gasteiger partial charge is 0.311 e. The number of nitro benzene ring substituents is 1. The molecular weight excluding hydrogens is 334 g/mol. The van der Waals surface area contributed by atoms with E-state index >= 15 is 0 Å². The Labute approximate surface area is 155 Å². The molecule has 3 rings (SSSR count). The molecule has 7 nitrogen and oxygen atoms in total. The molecule has 0 N–H and O–H groups in total. The highest BCUT2D eigenvalue weighted by Crippen LogP contribution is 2.33. The molecule has 2 aliphatic heterocycles. The van der Waals surface area contributed by atoms with Gasteiger partial charge in [-0.3, -0.25) is 15.0 Å². The van der Waals surface area contributed by atoms with E-state index in [1.807, 2.05) is 6.07 Å². The Kier molecular flexibility index (Phi) is 5.98. The lowest BCUT2D eigenvalue weighted by Crippen LogP contribution is -2.48. The van der Waals surface area contributed by atoms with Gasteiger partial charge in [-0.15, -0.1) is 0 Å². The Morgan fingerprint density at radius 1 is 1.23 bits per heavy atom. The van der Waals surface area contributed by atoms with E-state index in [0.29, 0.717) is 23.9 Å². The monoisotopic (exact) mass is 363 g/mol. The van der Waals surface area contributed by atoms with Crippen LogP contribution < -0.4 is 9.64 Å². The van der Waals surface area contributed by atoms with Crippen LogP contribution in [0, 0.1) is 16.0 Å². The fourth-order valence-electron chi connectivity index (χ4n) is 4.19. The lowest BCUT2D eigenvalue weighted by molar-refractivity contribution is -0.385. The van der Waals surface area contributed by atoms with Gasteiger partial charge in [0.2, 0.25) is 0 Å². The quantitative estimate of drug-likeness (QED) is 0.592. The Morgan fingerprint density at radius 2 is 1.88 bits per heavy atom. The first-order valence-electron chi connectivity index (χ1n) is 9.41. The first-order chi connectivity index (χ1) is 12.5. The third kappa shape index (κ3) is 4.45. The Balaban J connectivity index is 1.56. The molecule has 1 aromatic rings. The highest BCUT2D eigenvalue weighted by Gasteiger charge is 2.27. The maximum absolute atomic E-state index is 11.0. The third-order valence-electron chi connectivity index (χ3n) is 5.35. The van der Waals surface area contributed by atoms with Gasteiger partial charge in [0, 0.05) is 50.5 Å². The molecule has 0 aromatic heterocycles. The van der Waals surface area contributed by atoms with Gasteiger partial charge in [-0.05, 0) is 38.7 Å². The number of morpholine rings is 1. The zero-order valence-electron chi connectivity index (χ0n) is 15.9. The van der Waals surface area contributed by atoms with Crippen molar-refractivity contribution in [3.63, 3.8) is 0 Å². The van der Waals surface area contributed by atoms with E-state index in [1.54, 1.807) is 6.07 Å². The summed E-state index contributed by atoms with van der Waals surface area (Å²) in [5, 5.41) is 11.0. The van der Waals surface area contributed by atoms with Crippen LogP contribution in [-0.4, -0.2) is 61.9 Å². The predicted molar refractivity (Wildman–Crippen MR) is 101 cm³/mol. The van der Waals surface area contributed by atoms with Crippen LogP contribution in [0.5, 0.6) is 5.75 Å². The summed E-state index contributed by atoms with van der Waals surface area (Å²) in [4.78, 5) is 15.5. The van der Waals surface area contributed by atoms with E-state index in [0.717, 1.165) is 51.3 Å². The molecule has 1 aromatic carbocycles. The maximum Gasteiger partial charge on any atom is 0.311 e. The van der Waals surface area contributed by atoms with E-state index in [2.05, 4.69) is 23.6 Å². The molecule has 26 heavy (non-hydrogen) atoms. The van der Waals surface area contributed by atoms with Crippen molar-refractivity contribution in [3.8, 4) is 5.75 Å². The number of hydrogen-bond acceptors (Lipinski definition) is 6. The van der Waals surface area contributed by atoms with Crippen molar-refractivity contribution in [2.24, 2.45) is 5.92 Å². The van der Waals surface area contributed by atoms with E-state index in [-0.39, 0.29) is 5.69 Å². The highest BCUT2D eigenvalue weighted by atomic mass is 16.6. The molecular formula is C19H29N3O4. The minimum atomic E-state index is -0.404. The maximum atomic E-state index is 11.0. The molecule has 0 bridgehead atoms. The average Bonchev–Trinajstić information content (AvgIpc) is 2.61. The SMILES string of the molecule is COc1cc(N2CCC(CN3CC(C)OC(C)C3)CC2)ccc1[N+](=O)[O-]. The summed E-state index contributed by atoms with van der Waals surface area (Å²) < 4.78 is 11.0. The zero-order chi connectivity index (χ0) is 18.7. The Bertz CT molecular complexity index is 621. The molecule has 2 unspecified atom stereocenters. The molecule has 2 heterocycles. The van der Waals surface area contributed by atoms with Crippen LogP contribution in [0.4, 0.5) is 11.4 Å². The molecule has 2 aliphatic rings. The second kappa shape index (κ2) is 8.22. The summed E-state index contributed by atoms with van der Waals surface area (Å²) >= 11 is 0. The molecule has 2 saturated heterocycles. The number of ether oxygens (including phenoxy) is 2. The lowest BCUT2D eigenvalue weighted by atomic mass is 9.95. The van der Waals surface area contributed by atoms with Gasteiger partial charge in [-0.25, -0.2) is 0 Å². The van der Waals surface area contributed by atoms with Crippen molar-refractivity contribution >= 4 is 11.4 Å². The van der Waals surface area contributed by atoms with Crippen molar-refractivity contribution in [2.45, 2.75) is 38.9 Å². The topological polar surface area (TPSA) is 68.1 Å². The minimum Gasteiger partial charge on any atom is -0.490 e. The molecule has 7 heteroatoms. The van der Waals surface area contributed by atoms with Gasteiger partial charge in [-0.2, -0.15) is 0 Å². The van der Waals surface area contributed by atoms with E-state index in [1.165, 1.54) is 13.2 Å². The van der Waals surface area contributed by atoms with Crippen LogP contribution in [0.15, 0.2) is 18.2 Å². The molecule has 0 amide bonds. The van der Waals surface area contributed by atoms with Crippen LogP contribution in [-0.2, 0) is 4.74 Å². The second-order valence-corrected chi connectivity index (χ2v) is 7.52. The second-order valence-electron chi connectivity index (χ2n) is 7.52. The van der Waals surface area contributed by atoms with Crippen LogP contribution >= 0.6 is 0 Å². The summed E-state index contributed by atoms with van der Waals surface area (Å²) in [5.74, 6) is 1.02. The number of methoxy groups -OCH3 is 1. The van der Waals surface area contributed by atoms with Crippen molar-refractivity contribution in [1.82, 2.24) is 4.90 Å². The number of rotatable bonds is 5. The largest absolute Gasteiger partial charge is 0.490 e. The summed E-state index contributed by atoms with van der Waals surface area (Å²) in [7, 11) is 1.47. The molecule has 2 atom stereocenters. The zero-order valence-corrected chi connectivity index (χ0v) is 15.9. The molecule has 0 saturated carbocycles. The van der Waals surface area contributed by atoms with Crippen molar-refractivity contribution in [2.75, 3.05) is 44.7 Å². The Hall–Kier alpha value is -1.86. The number of piperidine rings is 1. The van der Waals surface area contributed by atoms with Gasteiger partial charge in [0.05, 0.1) is 24.2 Å². The number of hydrogen-bond donors (Lipinski definition) is 0. The molecule has 144 valence electrons. The van der Waals surface area contributed by atoms with Gasteiger partial charge in [-0.1, -0.05) is 0 Å². The summed E-state index contributed by atoms with van der Waals surface area (Å²) in [6, 6.07) is 5.15. The van der Waals surface area contributed by atoms with Crippen LogP contribution in [0.3, 0.4) is 0 Å². The fourth-order valence-corrected chi connectivity index (χ4v) is 4.19. The summed E-state index contributed by atoms with van der Waals surface area (Å²) in [6.07, 6.45) is 2.90. The van der Waals surface area contributed by atoms with Gasteiger partial charge in [0.25, 0.3) is 0 Å². The van der Waals surface area contributed by atoms with Crippen LogP contribution in [0.1, 0.15) is 26.7 Å². The third-order valence-corrected chi connectivity index (χ3v) is 5.35. The first kappa shape index (κ1) is 18.9. The fraction of sp³-hybridized carbons (Fsp3) is 0.684. The van der Waals surface area contributed by atoms with Gasteiger partial charge < -0.3 is 14.4 Å². The standard InChI is InChI=1S/C19H29N3O4/c1-14-11-20(12-15(2)26-14)13-16-6-8-21(9-7-16)17-4-5-18(22(23)24)19(10-17)25-3/h4-5,10,14-16H,6-9,11-13H2,1-3H3. The number of anilines is 1. The lowest BCUT2D eigenvalue weighted by Gasteiger charge is -2.40. The minimum absolute atomic E-state index is 0.0155. The van der Waals surface area contributed by atoms with E-state index in [9.17, 15) is 10.1 Å². The average molecular weight is 363 g/mol. The molecule has 0 aliphatic carbocycles.